The van der Waals surface area contributed by atoms with Gasteiger partial charge < -0.3 is 14.7 Å². The van der Waals surface area contributed by atoms with E-state index in [4.69, 9.17) is 9.66 Å². The Hall–Kier alpha value is -4.95. The molecule has 5 aromatic rings. The number of urea groups is 1. The molecule has 3 aromatic carbocycles. The second kappa shape index (κ2) is 11.4. The van der Waals surface area contributed by atoms with Gasteiger partial charge in [-0.05, 0) is 35.4 Å². The summed E-state index contributed by atoms with van der Waals surface area (Å²) >= 11 is 0. The highest BCUT2D eigenvalue weighted by atomic mass is 32.2. The lowest BCUT2D eigenvalue weighted by Crippen LogP contribution is -2.36. The van der Waals surface area contributed by atoms with E-state index in [1.165, 1.54) is 6.07 Å². The smallest absolute Gasteiger partial charge is 0.322 e. The molecule has 0 saturated carbocycles. The van der Waals surface area contributed by atoms with Crippen LogP contribution in [0.15, 0.2) is 82.2 Å². The molecule has 0 bridgehead atoms. The minimum absolute atomic E-state index is 0.0256. The number of aromatic nitrogens is 6. The fourth-order valence-corrected chi connectivity index (χ4v) is 4.87. The summed E-state index contributed by atoms with van der Waals surface area (Å²) in [7, 11) is -3.90. The monoisotopic (exact) mass is 559 g/mol. The molecule has 2 amide bonds. The quantitative estimate of drug-likeness (QED) is 0.244. The van der Waals surface area contributed by atoms with Gasteiger partial charge in [0.1, 0.15) is 0 Å². The third-order valence-corrected chi connectivity index (χ3v) is 6.98. The predicted octanol–water partition coefficient (Wildman–Crippen LogP) is 3.15. The number of nitrogens with two attached hydrogens (primary N) is 1. The van der Waals surface area contributed by atoms with E-state index in [0.717, 1.165) is 11.1 Å². The van der Waals surface area contributed by atoms with Crippen molar-refractivity contribution in [3.63, 3.8) is 0 Å². The van der Waals surface area contributed by atoms with Crippen LogP contribution in [0, 0.1) is 6.92 Å². The summed E-state index contributed by atoms with van der Waals surface area (Å²) in [5.41, 5.74) is 3.27. The molecule has 40 heavy (non-hydrogen) atoms. The summed E-state index contributed by atoms with van der Waals surface area (Å²) in [5.74, 6) is 1.40. The van der Waals surface area contributed by atoms with Crippen LogP contribution >= 0.6 is 0 Å². The molecule has 0 atom stereocenters. The molecule has 5 rings (SSSR count). The summed E-state index contributed by atoms with van der Waals surface area (Å²) in [6.45, 7) is 2.32. The van der Waals surface area contributed by atoms with Crippen LogP contribution in [-0.4, -0.2) is 56.7 Å². The van der Waals surface area contributed by atoms with Gasteiger partial charge in [-0.25, -0.2) is 18.4 Å². The molecule has 2 heterocycles. The minimum Gasteiger partial charge on any atom is -0.339 e. The molecule has 0 aliphatic rings. The van der Waals surface area contributed by atoms with Crippen LogP contribution in [0.1, 0.15) is 17.3 Å². The summed E-state index contributed by atoms with van der Waals surface area (Å²) in [6.07, 6.45) is 0.386. The number of rotatable bonds is 9. The molecule has 0 unspecified atom stereocenters. The Bertz CT molecular complexity index is 1720. The number of amides is 2. The van der Waals surface area contributed by atoms with Crippen LogP contribution in [0.3, 0.4) is 0 Å². The van der Waals surface area contributed by atoms with E-state index in [9.17, 15) is 13.2 Å². The summed E-state index contributed by atoms with van der Waals surface area (Å²) < 4.78 is 29.1. The van der Waals surface area contributed by atoms with E-state index in [1.54, 1.807) is 54.3 Å². The van der Waals surface area contributed by atoms with Gasteiger partial charge in [-0.1, -0.05) is 58.9 Å². The zero-order chi connectivity index (χ0) is 28.1. The summed E-state index contributed by atoms with van der Waals surface area (Å²) in [5, 5.41) is 26.2. The number of nitrogens with one attached hydrogen (secondary N) is 2. The van der Waals surface area contributed by atoms with Gasteiger partial charge in [0.2, 0.25) is 21.7 Å². The van der Waals surface area contributed by atoms with Crippen molar-refractivity contribution in [3.8, 4) is 22.5 Å². The van der Waals surface area contributed by atoms with Gasteiger partial charge in [0, 0.05) is 43.2 Å². The van der Waals surface area contributed by atoms with Gasteiger partial charge in [-0.3, -0.25) is 0 Å². The van der Waals surface area contributed by atoms with Crippen molar-refractivity contribution in [3.05, 3.63) is 90.1 Å². The van der Waals surface area contributed by atoms with E-state index >= 15 is 0 Å². The number of hydrogen-bond acceptors (Lipinski definition) is 9. The highest BCUT2D eigenvalue weighted by Crippen LogP contribution is 2.28. The number of benzene rings is 3. The average molecular weight is 560 g/mol. The van der Waals surface area contributed by atoms with E-state index in [0.29, 0.717) is 47.3 Å². The number of H-pyrrole nitrogens is 1. The van der Waals surface area contributed by atoms with Crippen molar-refractivity contribution >= 4 is 21.7 Å². The van der Waals surface area contributed by atoms with Gasteiger partial charge in [-0.15, -0.1) is 10.2 Å². The number of aromatic amines is 1. The molecule has 0 aliphatic heterocycles. The largest absolute Gasteiger partial charge is 0.339 e. The average Bonchev–Trinajstić information content (AvgIpc) is 3.63. The fraction of sp³-hybridized carbons (Fsp3) is 0.154. The topological polar surface area (TPSA) is 186 Å². The van der Waals surface area contributed by atoms with Crippen LogP contribution in [0.4, 0.5) is 10.5 Å². The first-order chi connectivity index (χ1) is 19.3. The summed E-state index contributed by atoms with van der Waals surface area (Å²) in [4.78, 5) is 19.3. The Kier molecular flexibility index (Phi) is 7.61. The van der Waals surface area contributed by atoms with Gasteiger partial charge >= 0.3 is 6.03 Å². The van der Waals surface area contributed by atoms with Crippen LogP contribution in [0.2, 0.25) is 0 Å². The molecule has 4 N–H and O–H groups in total. The Morgan fingerprint density at radius 2 is 1.85 bits per heavy atom. The van der Waals surface area contributed by atoms with Crippen LogP contribution < -0.4 is 10.5 Å². The number of anilines is 1. The number of hydrogen-bond donors (Lipinski definition) is 3. The van der Waals surface area contributed by atoms with Gasteiger partial charge in [0.15, 0.2) is 5.82 Å². The first-order valence-electron chi connectivity index (χ1n) is 12.2. The third-order valence-electron chi connectivity index (χ3n) is 6.01. The maximum atomic E-state index is 13.4. The molecule has 0 fully saturated rings. The lowest BCUT2D eigenvalue weighted by atomic mass is 10.1. The number of carbonyl (C=O) groups excluding carboxylic acids is 1. The molecule has 14 heteroatoms. The number of tetrazole rings is 1. The molecule has 0 radical (unpaired) electrons. The molecule has 0 aliphatic carbocycles. The van der Waals surface area contributed by atoms with Gasteiger partial charge in [0.05, 0.1) is 4.90 Å². The first kappa shape index (κ1) is 26.6. The molecule has 204 valence electrons. The van der Waals surface area contributed by atoms with Crippen LogP contribution in [0.5, 0.6) is 0 Å². The molecule has 0 saturated heterocycles. The number of carbonyl (C=O) groups is 1. The Morgan fingerprint density at radius 1 is 1.05 bits per heavy atom. The maximum Gasteiger partial charge on any atom is 0.322 e. The lowest BCUT2D eigenvalue weighted by molar-refractivity contribution is 0.209. The maximum absolute atomic E-state index is 13.4. The SMILES string of the molecule is Cc1nc(-c2cccc(CN(CCc3nn[nH]n3)C(=O)Nc3ccc(-c4ccccc4S(N)(=O)=O)cc3)c2)no1. The van der Waals surface area contributed by atoms with Crippen molar-refractivity contribution in [1.29, 1.82) is 0 Å². The standard InChI is InChI=1S/C26H25N9O4S/c1-17-28-25(32-39-17)20-6-4-5-18(15-20)16-35(14-13-24-30-33-34-31-24)26(36)29-21-11-9-19(10-12-21)22-7-2-3-8-23(22)40(27,37)38/h2-12,15H,13-14,16H2,1H3,(H,29,36)(H2,27,37,38)(H,30,31,33,34). The van der Waals surface area contributed by atoms with Crippen molar-refractivity contribution < 1.29 is 17.7 Å². The minimum atomic E-state index is -3.90. The van der Waals surface area contributed by atoms with E-state index in [2.05, 4.69) is 36.1 Å². The first-order valence-corrected chi connectivity index (χ1v) is 13.7. The molecule has 13 nitrogen and oxygen atoms in total. The third kappa shape index (κ3) is 6.36. The van der Waals surface area contributed by atoms with Crippen molar-refractivity contribution in [2.45, 2.75) is 24.8 Å². The van der Waals surface area contributed by atoms with E-state index in [1.807, 2.05) is 24.3 Å². The van der Waals surface area contributed by atoms with E-state index < -0.39 is 10.0 Å². The lowest BCUT2D eigenvalue weighted by Gasteiger charge is -2.23. The zero-order valence-corrected chi connectivity index (χ0v) is 22.2. The number of primary sulfonamides is 1. The summed E-state index contributed by atoms with van der Waals surface area (Å²) in [6, 6.07) is 20.5. The zero-order valence-electron chi connectivity index (χ0n) is 21.4. The van der Waals surface area contributed by atoms with Gasteiger partial charge in [0.25, 0.3) is 0 Å². The highest BCUT2D eigenvalue weighted by Gasteiger charge is 2.18. The highest BCUT2D eigenvalue weighted by molar-refractivity contribution is 7.89. The van der Waals surface area contributed by atoms with Gasteiger partial charge in [-0.2, -0.15) is 10.2 Å². The number of nitrogens with zero attached hydrogens (tertiary/aromatic N) is 6. The Morgan fingerprint density at radius 3 is 2.55 bits per heavy atom. The Labute approximate surface area is 229 Å². The van der Waals surface area contributed by atoms with Crippen molar-refractivity contribution in [1.82, 2.24) is 35.7 Å². The second-order valence-electron chi connectivity index (χ2n) is 8.89. The van der Waals surface area contributed by atoms with Crippen LogP contribution in [-0.2, 0) is 23.0 Å². The molecular weight excluding hydrogens is 534 g/mol. The Balaban J connectivity index is 1.34. The van der Waals surface area contributed by atoms with Crippen molar-refractivity contribution in [2.75, 3.05) is 11.9 Å². The molecule has 2 aromatic heterocycles. The second-order valence-corrected chi connectivity index (χ2v) is 10.4. The number of aryl methyl sites for hydroxylation is 1. The molecular formula is C26H25N9O4S. The predicted molar refractivity (Wildman–Crippen MR) is 145 cm³/mol. The van der Waals surface area contributed by atoms with Crippen molar-refractivity contribution in [2.24, 2.45) is 5.14 Å². The number of sulfonamides is 1. The normalized spacial score (nSPS) is 11.3. The molecule has 0 spiro atoms. The fourth-order valence-electron chi connectivity index (χ4n) is 4.11. The van der Waals surface area contributed by atoms with E-state index in [-0.39, 0.29) is 17.5 Å². The van der Waals surface area contributed by atoms with Crippen LogP contribution in [0.25, 0.3) is 22.5 Å².